The van der Waals surface area contributed by atoms with Crippen molar-refractivity contribution in [2.24, 2.45) is 0 Å². The molecular weight excluding hydrogens is 382 g/mol. The lowest BCUT2D eigenvalue weighted by molar-refractivity contribution is -0.120. The van der Waals surface area contributed by atoms with E-state index in [1.165, 1.54) is 7.11 Å². The van der Waals surface area contributed by atoms with Crippen LogP contribution in [0.1, 0.15) is 22.8 Å². The van der Waals surface area contributed by atoms with Crippen molar-refractivity contribution in [1.29, 1.82) is 0 Å². The number of carbonyl (C=O) groups is 1. The molecule has 1 amide bonds. The molecule has 7 heteroatoms. The predicted octanol–water partition coefficient (Wildman–Crippen LogP) is 3.16. The van der Waals surface area contributed by atoms with Gasteiger partial charge in [-0.25, -0.2) is 4.79 Å². The van der Waals surface area contributed by atoms with Gasteiger partial charge in [0.25, 0.3) is 0 Å². The number of hydrogen-bond acceptors (Lipinski definition) is 5. The van der Waals surface area contributed by atoms with Gasteiger partial charge in [0.15, 0.2) is 0 Å². The number of aliphatic hydroxyl groups is 1. The van der Waals surface area contributed by atoms with Gasteiger partial charge >= 0.3 is 5.63 Å². The first kappa shape index (κ1) is 19.9. The topological polar surface area (TPSA) is 88.8 Å². The molecule has 3 rings (SSSR count). The summed E-state index contributed by atoms with van der Waals surface area (Å²) in [6.07, 6.45) is -0.986. The molecule has 0 saturated carbocycles. The standard InChI is InChI=1S/C21H20ClNO5/c1-12-14-8-16(22)19(27-2)10-18(14)28-21(26)15(12)9-20(25)23-11-17(24)13-6-4-3-5-7-13/h3-8,10,17,24H,9,11H2,1-2H3,(H,23,25)/t17-/m0/s1. The second kappa shape index (κ2) is 8.46. The number of aliphatic hydroxyl groups excluding tert-OH is 1. The first-order valence-electron chi connectivity index (χ1n) is 8.70. The number of aryl methyl sites for hydroxylation is 1. The van der Waals surface area contributed by atoms with Gasteiger partial charge in [-0.3, -0.25) is 4.79 Å². The van der Waals surface area contributed by atoms with Crippen molar-refractivity contribution in [1.82, 2.24) is 5.32 Å². The van der Waals surface area contributed by atoms with Crippen LogP contribution in [0.25, 0.3) is 11.0 Å². The van der Waals surface area contributed by atoms with Gasteiger partial charge in [-0.15, -0.1) is 0 Å². The maximum Gasteiger partial charge on any atom is 0.340 e. The third kappa shape index (κ3) is 4.18. The number of halogens is 1. The zero-order chi connectivity index (χ0) is 20.3. The highest BCUT2D eigenvalue weighted by Gasteiger charge is 2.17. The molecule has 0 fully saturated rings. The minimum Gasteiger partial charge on any atom is -0.495 e. The highest BCUT2D eigenvalue weighted by molar-refractivity contribution is 6.32. The molecule has 1 atom stereocenters. The van der Waals surface area contributed by atoms with E-state index in [9.17, 15) is 14.7 Å². The summed E-state index contributed by atoms with van der Waals surface area (Å²) in [6.45, 7) is 1.79. The van der Waals surface area contributed by atoms with Crippen LogP contribution in [0, 0.1) is 6.92 Å². The molecule has 0 aliphatic carbocycles. The number of rotatable bonds is 6. The largest absolute Gasteiger partial charge is 0.495 e. The van der Waals surface area contributed by atoms with Gasteiger partial charge in [-0.2, -0.15) is 0 Å². The minimum absolute atomic E-state index is 0.0455. The van der Waals surface area contributed by atoms with Crippen LogP contribution in [0.3, 0.4) is 0 Å². The van der Waals surface area contributed by atoms with Gasteiger partial charge < -0.3 is 19.6 Å². The third-order valence-electron chi connectivity index (χ3n) is 4.57. The number of methoxy groups -OCH3 is 1. The molecule has 2 N–H and O–H groups in total. The molecule has 0 aliphatic rings. The lowest BCUT2D eigenvalue weighted by Gasteiger charge is -2.13. The van der Waals surface area contributed by atoms with Crippen LogP contribution in [-0.2, 0) is 11.2 Å². The summed E-state index contributed by atoms with van der Waals surface area (Å²) in [5.41, 5.74) is 1.32. The predicted molar refractivity (Wildman–Crippen MR) is 107 cm³/mol. The Labute approximate surface area is 166 Å². The molecule has 1 heterocycles. The van der Waals surface area contributed by atoms with E-state index in [2.05, 4.69) is 5.32 Å². The summed E-state index contributed by atoms with van der Waals surface area (Å²) in [7, 11) is 1.47. The highest BCUT2D eigenvalue weighted by Crippen LogP contribution is 2.31. The van der Waals surface area contributed by atoms with E-state index >= 15 is 0 Å². The molecule has 0 aliphatic heterocycles. The van der Waals surface area contributed by atoms with E-state index in [1.54, 1.807) is 31.2 Å². The molecule has 0 bridgehead atoms. The molecule has 0 radical (unpaired) electrons. The van der Waals surface area contributed by atoms with Crippen molar-refractivity contribution in [3.8, 4) is 5.75 Å². The summed E-state index contributed by atoms with van der Waals surface area (Å²) in [4.78, 5) is 24.7. The Morgan fingerprint density at radius 3 is 2.68 bits per heavy atom. The molecule has 1 aromatic heterocycles. The minimum atomic E-state index is -0.828. The molecule has 146 valence electrons. The number of carbonyl (C=O) groups excluding carboxylic acids is 1. The number of fused-ring (bicyclic) bond motifs is 1. The molecular formula is C21H20ClNO5. The number of benzene rings is 2. The molecule has 28 heavy (non-hydrogen) atoms. The fraction of sp³-hybridized carbons (Fsp3) is 0.238. The Hall–Kier alpha value is -2.83. The SMILES string of the molecule is COc1cc2oc(=O)c(CC(=O)NC[C@H](O)c3ccccc3)c(C)c2cc1Cl. The molecule has 2 aromatic carbocycles. The Bertz CT molecular complexity index is 1060. The van der Waals surface area contributed by atoms with Gasteiger partial charge in [0.2, 0.25) is 5.91 Å². The smallest absolute Gasteiger partial charge is 0.340 e. The van der Waals surface area contributed by atoms with Crippen LogP contribution in [-0.4, -0.2) is 24.7 Å². The summed E-state index contributed by atoms with van der Waals surface area (Å²) in [6, 6.07) is 12.2. The third-order valence-corrected chi connectivity index (χ3v) is 4.87. The van der Waals surface area contributed by atoms with Crippen LogP contribution in [0.15, 0.2) is 51.7 Å². The van der Waals surface area contributed by atoms with E-state index < -0.39 is 11.7 Å². The second-order valence-electron chi connectivity index (χ2n) is 6.38. The van der Waals surface area contributed by atoms with Gasteiger partial charge in [-0.05, 0) is 24.1 Å². The average Bonchev–Trinajstić information content (AvgIpc) is 2.70. The average molecular weight is 402 g/mol. The maximum atomic E-state index is 12.4. The normalized spacial score (nSPS) is 12.0. The Kier molecular flexibility index (Phi) is 6.02. The first-order valence-corrected chi connectivity index (χ1v) is 9.08. The molecule has 3 aromatic rings. The fourth-order valence-electron chi connectivity index (χ4n) is 2.98. The van der Waals surface area contributed by atoms with Crippen LogP contribution < -0.4 is 15.7 Å². The molecule has 0 saturated heterocycles. The Morgan fingerprint density at radius 1 is 1.29 bits per heavy atom. The second-order valence-corrected chi connectivity index (χ2v) is 6.79. The molecule has 6 nitrogen and oxygen atoms in total. The van der Waals surface area contributed by atoms with Crippen molar-refractivity contribution in [2.45, 2.75) is 19.4 Å². The van der Waals surface area contributed by atoms with E-state index in [4.69, 9.17) is 20.8 Å². The van der Waals surface area contributed by atoms with Crippen molar-refractivity contribution in [3.05, 3.63) is 74.6 Å². The molecule has 0 unspecified atom stereocenters. The van der Waals surface area contributed by atoms with Crippen LogP contribution in [0.2, 0.25) is 5.02 Å². The first-order chi connectivity index (χ1) is 13.4. The summed E-state index contributed by atoms with van der Waals surface area (Å²) in [5, 5.41) is 13.8. The summed E-state index contributed by atoms with van der Waals surface area (Å²) >= 11 is 6.16. The highest BCUT2D eigenvalue weighted by atomic mass is 35.5. The van der Waals surface area contributed by atoms with E-state index in [-0.39, 0.29) is 24.4 Å². The number of amides is 1. The summed E-state index contributed by atoms with van der Waals surface area (Å²) in [5.74, 6) is 0.0152. The van der Waals surface area contributed by atoms with E-state index in [0.29, 0.717) is 32.9 Å². The fourth-order valence-corrected chi connectivity index (χ4v) is 3.22. The van der Waals surface area contributed by atoms with Crippen LogP contribution in [0.5, 0.6) is 5.75 Å². The summed E-state index contributed by atoms with van der Waals surface area (Å²) < 4.78 is 10.5. The lowest BCUT2D eigenvalue weighted by atomic mass is 10.0. The zero-order valence-electron chi connectivity index (χ0n) is 15.5. The molecule has 0 spiro atoms. The van der Waals surface area contributed by atoms with Gasteiger partial charge in [0, 0.05) is 18.0 Å². The lowest BCUT2D eigenvalue weighted by Crippen LogP contribution is -2.31. The van der Waals surface area contributed by atoms with E-state index in [1.807, 2.05) is 18.2 Å². The quantitative estimate of drug-likeness (QED) is 0.619. The van der Waals surface area contributed by atoms with Crippen molar-refractivity contribution < 1.29 is 19.1 Å². The monoisotopic (exact) mass is 401 g/mol. The Morgan fingerprint density at radius 2 is 2.00 bits per heavy atom. The number of nitrogens with one attached hydrogen (secondary N) is 1. The van der Waals surface area contributed by atoms with Crippen LogP contribution >= 0.6 is 11.6 Å². The number of hydrogen-bond donors (Lipinski definition) is 2. The maximum absolute atomic E-state index is 12.4. The van der Waals surface area contributed by atoms with Crippen molar-refractivity contribution in [3.63, 3.8) is 0 Å². The van der Waals surface area contributed by atoms with Gasteiger partial charge in [0.05, 0.1) is 30.2 Å². The van der Waals surface area contributed by atoms with E-state index in [0.717, 1.165) is 0 Å². The van der Waals surface area contributed by atoms with Gasteiger partial charge in [-0.1, -0.05) is 41.9 Å². The van der Waals surface area contributed by atoms with Crippen molar-refractivity contribution in [2.75, 3.05) is 13.7 Å². The zero-order valence-corrected chi connectivity index (χ0v) is 16.2. The Balaban J connectivity index is 1.78. The number of ether oxygens (including phenoxy) is 1. The van der Waals surface area contributed by atoms with Crippen molar-refractivity contribution >= 4 is 28.5 Å². The van der Waals surface area contributed by atoms with Crippen LogP contribution in [0.4, 0.5) is 0 Å². The van der Waals surface area contributed by atoms with Gasteiger partial charge in [0.1, 0.15) is 11.3 Å².